The first-order valence-corrected chi connectivity index (χ1v) is 8.55. The van der Waals surface area contributed by atoms with E-state index in [2.05, 4.69) is 15.5 Å². The summed E-state index contributed by atoms with van der Waals surface area (Å²) in [6.07, 6.45) is 4.49. The van der Waals surface area contributed by atoms with Crippen LogP contribution in [0.3, 0.4) is 0 Å². The van der Waals surface area contributed by atoms with Gasteiger partial charge in [0, 0.05) is 23.4 Å². The van der Waals surface area contributed by atoms with Gasteiger partial charge in [0.1, 0.15) is 0 Å². The van der Waals surface area contributed by atoms with E-state index in [0.29, 0.717) is 17.4 Å². The number of amides is 1. The first-order valence-electron chi connectivity index (χ1n) is 8.55. The second-order valence-electron chi connectivity index (χ2n) is 6.74. The standard InChI is InChI=1S/C18H21N3O3/c1-2-24-14-10-13(18(14)8-5-9-18)19-17(23)15-11-6-3-4-7-12(11)16(22)21-20-15/h3-4,6-7,13-14H,2,5,8-10H2,1H3,(H,19,23)(H,21,22). The quantitative estimate of drug-likeness (QED) is 0.899. The van der Waals surface area contributed by atoms with Crippen molar-refractivity contribution in [1.82, 2.24) is 15.5 Å². The number of fused-ring (bicyclic) bond motifs is 1. The van der Waals surface area contributed by atoms with Crippen molar-refractivity contribution in [2.24, 2.45) is 5.41 Å². The Bertz CT molecular complexity index is 841. The molecule has 0 saturated heterocycles. The molecular weight excluding hydrogens is 306 g/mol. The zero-order valence-electron chi connectivity index (χ0n) is 13.7. The third kappa shape index (κ3) is 2.17. The second kappa shape index (κ2) is 5.70. The molecule has 6 heteroatoms. The van der Waals surface area contributed by atoms with Crippen molar-refractivity contribution < 1.29 is 9.53 Å². The summed E-state index contributed by atoms with van der Waals surface area (Å²) in [6, 6.07) is 7.18. The van der Waals surface area contributed by atoms with Crippen LogP contribution in [0.25, 0.3) is 10.8 Å². The molecule has 4 rings (SSSR count). The Kier molecular flexibility index (Phi) is 3.64. The van der Waals surface area contributed by atoms with Crippen LogP contribution in [0.4, 0.5) is 0 Å². The van der Waals surface area contributed by atoms with Gasteiger partial charge in [-0.1, -0.05) is 24.6 Å². The minimum Gasteiger partial charge on any atom is -0.378 e. The highest BCUT2D eigenvalue weighted by molar-refractivity contribution is 6.04. The Hall–Kier alpha value is -2.21. The smallest absolute Gasteiger partial charge is 0.272 e. The van der Waals surface area contributed by atoms with E-state index >= 15 is 0 Å². The van der Waals surface area contributed by atoms with E-state index in [1.54, 1.807) is 18.2 Å². The van der Waals surface area contributed by atoms with Gasteiger partial charge in [-0.3, -0.25) is 9.59 Å². The first kappa shape index (κ1) is 15.3. The zero-order chi connectivity index (χ0) is 16.7. The molecule has 1 heterocycles. The molecule has 1 aromatic heterocycles. The van der Waals surface area contributed by atoms with Crippen LogP contribution in [-0.4, -0.2) is 34.9 Å². The van der Waals surface area contributed by atoms with Crippen molar-refractivity contribution in [3.63, 3.8) is 0 Å². The van der Waals surface area contributed by atoms with Gasteiger partial charge in [0.05, 0.1) is 11.5 Å². The lowest BCUT2D eigenvalue weighted by Crippen LogP contribution is -2.67. The summed E-state index contributed by atoms with van der Waals surface area (Å²) in [5.41, 5.74) is 0.0983. The Morgan fingerprint density at radius 2 is 2.12 bits per heavy atom. The number of hydrogen-bond acceptors (Lipinski definition) is 4. The van der Waals surface area contributed by atoms with Crippen LogP contribution < -0.4 is 10.9 Å². The van der Waals surface area contributed by atoms with Crippen LogP contribution >= 0.6 is 0 Å². The number of aromatic amines is 1. The van der Waals surface area contributed by atoms with Crippen molar-refractivity contribution in [2.75, 3.05) is 6.61 Å². The molecule has 2 atom stereocenters. The molecular formula is C18H21N3O3. The summed E-state index contributed by atoms with van der Waals surface area (Å²) < 4.78 is 5.82. The molecule has 2 fully saturated rings. The predicted molar refractivity (Wildman–Crippen MR) is 89.9 cm³/mol. The predicted octanol–water partition coefficient (Wildman–Crippen LogP) is 2.00. The highest BCUT2D eigenvalue weighted by Gasteiger charge is 2.59. The van der Waals surface area contributed by atoms with Gasteiger partial charge in [-0.15, -0.1) is 0 Å². The maximum Gasteiger partial charge on any atom is 0.272 e. The molecule has 0 aliphatic heterocycles. The van der Waals surface area contributed by atoms with Crippen LogP contribution in [0.2, 0.25) is 0 Å². The molecule has 2 saturated carbocycles. The monoisotopic (exact) mass is 327 g/mol. The van der Waals surface area contributed by atoms with Gasteiger partial charge in [0.2, 0.25) is 0 Å². The fraction of sp³-hybridized carbons (Fsp3) is 0.500. The van der Waals surface area contributed by atoms with Crippen LogP contribution in [0.15, 0.2) is 29.1 Å². The molecule has 6 nitrogen and oxygen atoms in total. The van der Waals surface area contributed by atoms with Crippen molar-refractivity contribution in [3.05, 3.63) is 40.3 Å². The second-order valence-corrected chi connectivity index (χ2v) is 6.74. The zero-order valence-corrected chi connectivity index (χ0v) is 13.7. The average molecular weight is 327 g/mol. The SMILES string of the molecule is CCOC1CC(NC(=O)c2n[nH]c(=O)c3ccccc23)C12CCC2. The lowest BCUT2D eigenvalue weighted by Gasteiger charge is -2.60. The number of ether oxygens (including phenoxy) is 1. The van der Waals surface area contributed by atoms with Crippen molar-refractivity contribution in [1.29, 1.82) is 0 Å². The fourth-order valence-electron chi connectivity index (χ4n) is 4.16. The number of benzene rings is 1. The summed E-state index contributed by atoms with van der Waals surface area (Å²) in [6.45, 7) is 2.72. The highest BCUT2D eigenvalue weighted by atomic mass is 16.5. The summed E-state index contributed by atoms with van der Waals surface area (Å²) in [5.74, 6) is -0.228. The Morgan fingerprint density at radius 1 is 1.38 bits per heavy atom. The molecule has 2 aliphatic carbocycles. The number of carbonyl (C=O) groups is 1. The minimum absolute atomic E-state index is 0.101. The number of carbonyl (C=O) groups excluding carboxylic acids is 1. The highest BCUT2D eigenvalue weighted by Crippen LogP contribution is 2.57. The lowest BCUT2D eigenvalue weighted by atomic mass is 9.51. The van der Waals surface area contributed by atoms with Crippen molar-refractivity contribution >= 4 is 16.7 Å². The Balaban J connectivity index is 1.58. The van der Waals surface area contributed by atoms with Crippen LogP contribution in [-0.2, 0) is 4.74 Å². The van der Waals surface area contributed by atoms with Crippen LogP contribution in [0.5, 0.6) is 0 Å². The van der Waals surface area contributed by atoms with E-state index in [9.17, 15) is 9.59 Å². The van der Waals surface area contributed by atoms with E-state index < -0.39 is 0 Å². The van der Waals surface area contributed by atoms with E-state index in [4.69, 9.17) is 4.74 Å². The molecule has 126 valence electrons. The lowest BCUT2D eigenvalue weighted by molar-refractivity contribution is -0.169. The normalized spacial score (nSPS) is 24.4. The van der Waals surface area contributed by atoms with Gasteiger partial charge >= 0.3 is 0 Å². The molecule has 1 amide bonds. The van der Waals surface area contributed by atoms with Gasteiger partial charge in [0.15, 0.2) is 5.69 Å². The van der Waals surface area contributed by atoms with Crippen LogP contribution in [0.1, 0.15) is 43.1 Å². The number of nitrogens with one attached hydrogen (secondary N) is 2. The third-order valence-electron chi connectivity index (χ3n) is 5.65. The summed E-state index contributed by atoms with van der Waals surface area (Å²) in [4.78, 5) is 24.6. The van der Waals surface area contributed by atoms with Gasteiger partial charge in [-0.2, -0.15) is 5.10 Å². The number of rotatable bonds is 4. The maximum atomic E-state index is 12.7. The molecule has 1 spiro atoms. The Morgan fingerprint density at radius 3 is 2.79 bits per heavy atom. The van der Waals surface area contributed by atoms with Gasteiger partial charge < -0.3 is 10.1 Å². The van der Waals surface area contributed by atoms with Crippen LogP contribution in [0, 0.1) is 5.41 Å². The number of nitrogens with zero attached hydrogens (tertiary/aromatic N) is 1. The Labute approximate surface area is 139 Å². The number of aromatic nitrogens is 2. The van der Waals surface area contributed by atoms with Crippen molar-refractivity contribution in [2.45, 2.75) is 44.8 Å². The maximum absolute atomic E-state index is 12.7. The molecule has 0 radical (unpaired) electrons. The number of H-pyrrole nitrogens is 1. The minimum atomic E-state index is -0.280. The first-order chi connectivity index (χ1) is 11.7. The molecule has 2 unspecified atom stereocenters. The summed E-state index contributed by atoms with van der Waals surface area (Å²) in [5, 5.41) is 10.6. The number of hydrogen-bond donors (Lipinski definition) is 2. The van der Waals surface area contributed by atoms with Gasteiger partial charge in [0.25, 0.3) is 11.5 Å². The van der Waals surface area contributed by atoms with E-state index in [1.807, 2.05) is 13.0 Å². The summed E-state index contributed by atoms with van der Waals surface area (Å²) in [7, 11) is 0. The fourth-order valence-corrected chi connectivity index (χ4v) is 4.16. The van der Waals surface area contributed by atoms with Crippen molar-refractivity contribution in [3.8, 4) is 0 Å². The summed E-state index contributed by atoms with van der Waals surface area (Å²) >= 11 is 0. The molecule has 2 aliphatic rings. The van der Waals surface area contributed by atoms with Gasteiger partial charge in [-0.25, -0.2) is 5.10 Å². The topological polar surface area (TPSA) is 84.1 Å². The van der Waals surface area contributed by atoms with Gasteiger partial charge in [-0.05, 0) is 32.3 Å². The van der Waals surface area contributed by atoms with E-state index in [0.717, 1.165) is 19.3 Å². The molecule has 1 aromatic carbocycles. The largest absolute Gasteiger partial charge is 0.378 e. The molecule has 24 heavy (non-hydrogen) atoms. The molecule has 2 N–H and O–H groups in total. The van der Waals surface area contributed by atoms with E-state index in [-0.39, 0.29) is 34.7 Å². The molecule has 2 aromatic rings. The molecule has 0 bridgehead atoms. The average Bonchev–Trinajstić information content (AvgIpc) is 2.52. The third-order valence-corrected chi connectivity index (χ3v) is 5.65. The van der Waals surface area contributed by atoms with E-state index in [1.165, 1.54) is 6.42 Å².